The van der Waals surface area contributed by atoms with Crippen molar-refractivity contribution in [2.24, 2.45) is 11.8 Å². The Morgan fingerprint density at radius 2 is 1.05 bits per heavy atom. The van der Waals surface area contributed by atoms with E-state index in [-0.39, 0.29) is 0 Å². The first kappa shape index (κ1) is 15.2. The van der Waals surface area contributed by atoms with E-state index < -0.39 is 0 Å². The van der Waals surface area contributed by atoms with Crippen molar-refractivity contribution in [3.8, 4) is 0 Å². The Labute approximate surface area is 123 Å². The third-order valence-corrected chi connectivity index (χ3v) is 4.88. The minimum atomic E-state index is 0.713. The highest BCUT2D eigenvalue weighted by Crippen LogP contribution is 2.37. The third-order valence-electron chi connectivity index (χ3n) is 4.88. The van der Waals surface area contributed by atoms with Gasteiger partial charge in [0.1, 0.15) is 0 Å². The van der Waals surface area contributed by atoms with E-state index in [9.17, 15) is 0 Å². The highest BCUT2D eigenvalue weighted by molar-refractivity contribution is 5.50. The highest BCUT2D eigenvalue weighted by atomic mass is 14.6. The van der Waals surface area contributed by atoms with Gasteiger partial charge in [0, 0.05) is 11.4 Å². The zero-order valence-electron chi connectivity index (χ0n) is 12.7. The Morgan fingerprint density at radius 3 is 1.35 bits per heavy atom. The summed E-state index contributed by atoms with van der Waals surface area (Å²) in [5.74, 6) is 2.28. The lowest BCUT2D eigenvalue weighted by Crippen LogP contribution is -2.20. The average Bonchev–Trinajstić information content (AvgIpc) is 2.49. The Bertz CT molecular complexity index is 344. The average molecular weight is 274 g/mol. The van der Waals surface area contributed by atoms with Gasteiger partial charge in [0.25, 0.3) is 0 Å². The Balaban J connectivity index is 0.000000160. The first-order valence-electron chi connectivity index (χ1n) is 8.37. The van der Waals surface area contributed by atoms with Gasteiger partial charge >= 0.3 is 0 Å². The molecule has 0 spiro atoms. The molecule has 2 heteroatoms. The summed E-state index contributed by atoms with van der Waals surface area (Å²) < 4.78 is 0. The van der Waals surface area contributed by atoms with E-state index in [0.717, 1.165) is 11.8 Å². The van der Waals surface area contributed by atoms with Crippen molar-refractivity contribution in [2.75, 3.05) is 11.5 Å². The fourth-order valence-corrected chi connectivity index (χ4v) is 3.77. The normalized spacial score (nSPS) is 21.0. The molecule has 0 aliphatic heterocycles. The molecule has 0 heterocycles. The smallest absolute Gasteiger partial charge is 0.0334 e. The molecule has 0 unspecified atom stereocenters. The van der Waals surface area contributed by atoms with Crippen LogP contribution in [0.15, 0.2) is 24.3 Å². The van der Waals surface area contributed by atoms with Gasteiger partial charge in [-0.25, -0.2) is 0 Å². The van der Waals surface area contributed by atoms with Crippen LogP contribution in [0.25, 0.3) is 0 Å². The van der Waals surface area contributed by atoms with E-state index >= 15 is 0 Å². The third kappa shape index (κ3) is 5.07. The molecule has 2 fully saturated rings. The van der Waals surface area contributed by atoms with Crippen molar-refractivity contribution in [1.82, 2.24) is 0 Å². The lowest BCUT2D eigenvalue weighted by molar-refractivity contribution is 0.196. The zero-order valence-corrected chi connectivity index (χ0v) is 12.7. The molecule has 3 rings (SSSR count). The number of rotatable bonds is 1. The summed E-state index contributed by atoms with van der Waals surface area (Å²) in [4.78, 5) is 0. The fourth-order valence-electron chi connectivity index (χ4n) is 3.77. The Kier molecular flexibility index (Phi) is 6.23. The molecule has 2 saturated carbocycles. The Morgan fingerprint density at radius 1 is 0.650 bits per heavy atom. The van der Waals surface area contributed by atoms with Crippen molar-refractivity contribution in [2.45, 2.75) is 64.2 Å². The number of anilines is 2. The second-order valence-corrected chi connectivity index (χ2v) is 6.47. The minimum Gasteiger partial charge on any atom is -0.399 e. The van der Waals surface area contributed by atoms with Gasteiger partial charge in [0.2, 0.25) is 0 Å². The van der Waals surface area contributed by atoms with Crippen molar-refractivity contribution in [3.63, 3.8) is 0 Å². The maximum absolute atomic E-state index is 5.38. The molecule has 0 amide bonds. The summed E-state index contributed by atoms with van der Waals surface area (Å²) in [5.41, 5.74) is 12.2. The van der Waals surface area contributed by atoms with E-state index in [4.69, 9.17) is 11.5 Å². The topological polar surface area (TPSA) is 52.0 Å². The molecular formula is C18H30N2. The molecule has 20 heavy (non-hydrogen) atoms. The van der Waals surface area contributed by atoms with E-state index in [0.29, 0.717) is 11.4 Å². The molecule has 2 nitrogen and oxygen atoms in total. The molecule has 2 aliphatic carbocycles. The van der Waals surface area contributed by atoms with Crippen molar-refractivity contribution in [1.29, 1.82) is 0 Å². The predicted octanol–water partition coefficient (Wildman–Crippen LogP) is 5.00. The lowest BCUT2D eigenvalue weighted by Gasteiger charge is -2.32. The van der Waals surface area contributed by atoms with Gasteiger partial charge in [-0.3, -0.25) is 0 Å². The molecule has 0 aromatic heterocycles. The van der Waals surface area contributed by atoms with Gasteiger partial charge in [0.15, 0.2) is 0 Å². The number of benzene rings is 1. The summed E-state index contributed by atoms with van der Waals surface area (Å²) in [5, 5.41) is 0. The van der Waals surface area contributed by atoms with Gasteiger partial charge in [-0.1, -0.05) is 70.3 Å². The fraction of sp³-hybridized carbons (Fsp3) is 0.667. The first-order valence-corrected chi connectivity index (χ1v) is 8.37. The summed E-state index contributed by atoms with van der Waals surface area (Å²) in [6.45, 7) is 0. The molecule has 2 aliphatic rings. The molecular weight excluding hydrogens is 244 g/mol. The van der Waals surface area contributed by atoms with Gasteiger partial charge in [-0.2, -0.15) is 0 Å². The molecule has 112 valence electrons. The van der Waals surface area contributed by atoms with E-state index in [1.165, 1.54) is 38.5 Å². The second-order valence-electron chi connectivity index (χ2n) is 6.47. The summed E-state index contributed by atoms with van der Waals surface area (Å²) in [6.07, 6.45) is 15.4. The molecule has 0 atom stereocenters. The van der Waals surface area contributed by atoms with Gasteiger partial charge in [-0.15, -0.1) is 0 Å². The summed E-state index contributed by atoms with van der Waals surface area (Å²) in [6, 6.07) is 7.15. The standard InChI is InChI=1S/C12H22.C6H8N2/c1-3-7-11(8-4-1)12-9-5-2-6-10-12;7-5-2-1-3-6(8)4-5/h11-12H,1-10H2;1-4H,7-8H2. The van der Waals surface area contributed by atoms with Crippen molar-refractivity contribution >= 4 is 11.4 Å². The molecule has 1 aromatic carbocycles. The molecule has 0 saturated heterocycles. The van der Waals surface area contributed by atoms with Crippen LogP contribution >= 0.6 is 0 Å². The second kappa shape index (κ2) is 8.18. The maximum atomic E-state index is 5.38. The summed E-state index contributed by atoms with van der Waals surface area (Å²) in [7, 11) is 0. The van der Waals surface area contributed by atoms with Crippen LogP contribution < -0.4 is 11.5 Å². The van der Waals surface area contributed by atoms with Gasteiger partial charge in [-0.05, 0) is 30.0 Å². The maximum Gasteiger partial charge on any atom is 0.0334 e. The monoisotopic (exact) mass is 274 g/mol. The zero-order chi connectivity index (χ0) is 14.2. The number of nitrogens with two attached hydrogens (primary N) is 2. The van der Waals surface area contributed by atoms with E-state index in [2.05, 4.69) is 0 Å². The van der Waals surface area contributed by atoms with E-state index in [1.54, 1.807) is 43.9 Å². The molecule has 0 radical (unpaired) electrons. The minimum absolute atomic E-state index is 0.713. The summed E-state index contributed by atoms with van der Waals surface area (Å²) >= 11 is 0. The highest BCUT2D eigenvalue weighted by Gasteiger charge is 2.24. The molecule has 4 N–H and O–H groups in total. The molecule has 0 bridgehead atoms. The van der Waals surface area contributed by atoms with Gasteiger partial charge in [0.05, 0.1) is 0 Å². The molecule has 1 aromatic rings. The van der Waals surface area contributed by atoms with Crippen LogP contribution in [0.3, 0.4) is 0 Å². The predicted molar refractivity (Wildman–Crippen MR) is 88.4 cm³/mol. The first-order chi connectivity index (χ1) is 9.75. The van der Waals surface area contributed by atoms with Crippen LogP contribution in [0.1, 0.15) is 64.2 Å². The Hall–Kier alpha value is -1.18. The van der Waals surface area contributed by atoms with Crippen molar-refractivity contribution in [3.05, 3.63) is 24.3 Å². The van der Waals surface area contributed by atoms with Crippen LogP contribution in [-0.4, -0.2) is 0 Å². The number of nitrogen functional groups attached to an aromatic ring is 2. The number of hydrogen-bond donors (Lipinski definition) is 2. The van der Waals surface area contributed by atoms with Crippen LogP contribution in [0.2, 0.25) is 0 Å². The van der Waals surface area contributed by atoms with Crippen LogP contribution in [0.4, 0.5) is 11.4 Å². The lowest BCUT2D eigenvalue weighted by atomic mass is 9.73. The van der Waals surface area contributed by atoms with Gasteiger partial charge < -0.3 is 11.5 Å². The quantitative estimate of drug-likeness (QED) is 0.708. The van der Waals surface area contributed by atoms with Crippen LogP contribution in [-0.2, 0) is 0 Å². The van der Waals surface area contributed by atoms with Crippen LogP contribution in [0, 0.1) is 11.8 Å². The van der Waals surface area contributed by atoms with Crippen LogP contribution in [0.5, 0.6) is 0 Å². The van der Waals surface area contributed by atoms with Crippen molar-refractivity contribution < 1.29 is 0 Å². The largest absolute Gasteiger partial charge is 0.399 e. The van der Waals surface area contributed by atoms with E-state index in [1.807, 2.05) is 6.07 Å². The SMILES string of the molecule is C1CCC(C2CCCCC2)CC1.Nc1cccc(N)c1. The number of hydrogen-bond acceptors (Lipinski definition) is 2.